The van der Waals surface area contributed by atoms with Gasteiger partial charge in [-0.2, -0.15) is 0 Å². The summed E-state index contributed by atoms with van der Waals surface area (Å²) in [5, 5.41) is 6.79. The van der Waals surface area contributed by atoms with Crippen LogP contribution in [0.15, 0.2) is 42.5 Å². The van der Waals surface area contributed by atoms with Crippen LogP contribution in [0.3, 0.4) is 0 Å². The number of carbonyl (C=O) groups is 1. The third-order valence-corrected chi connectivity index (χ3v) is 4.59. The molecule has 0 aliphatic carbocycles. The first-order valence-electron chi connectivity index (χ1n) is 6.67. The van der Waals surface area contributed by atoms with Gasteiger partial charge in [0.05, 0.1) is 5.02 Å². The molecule has 0 unspecified atom stereocenters. The van der Waals surface area contributed by atoms with Crippen molar-refractivity contribution >= 4 is 45.8 Å². The predicted molar refractivity (Wildman–Crippen MR) is 95.9 cm³/mol. The smallest absolute Gasteiger partial charge is 0.255 e. The van der Waals surface area contributed by atoms with Gasteiger partial charge in [0.1, 0.15) is 0 Å². The van der Waals surface area contributed by atoms with Crippen molar-refractivity contribution in [2.75, 3.05) is 11.9 Å². The van der Waals surface area contributed by atoms with Crippen LogP contribution in [0, 0.1) is 3.57 Å². The van der Waals surface area contributed by atoms with E-state index in [1.54, 1.807) is 12.1 Å². The molecule has 2 aromatic rings. The molecule has 0 spiro atoms. The lowest BCUT2D eigenvalue weighted by Gasteiger charge is -2.11. The van der Waals surface area contributed by atoms with Crippen molar-refractivity contribution in [3.63, 3.8) is 0 Å². The highest BCUT2D eigenvalue weighted by Gasteiger charge is 2.10. The van der Waals surface area contributed by atoms with Gasteiger partial charge in [0.25, 0.3) is 5.91 Å². The molecule has 0 heterocycles. The Balaban J connectivity index is 2.17. The van der Waals surface area contributed by atoms with Crippen LogP contribution in [0.5, 0.6) is 0 Å². The molecule has 110 valence electrons. The Morgan fingerprint density at radius 2 is 2.00 bits per heavy atom. The second kappa shape index (κ2) is 7.77. The van der Waals surface area contributed by atoms with E-state index in [0.717, 1.165) is 27.9 Å². The van der Waals surface area contributed by atoms with E-state index in [9.17, 15) is 4.79 Å². The van der Waals surface area contributed by atoms with Crippen LogP contribution < -0.4 is 10.6 Å². The standard InChI is InChI=1S/C16H16ClIN2O/c1-2-19-10-12-5-3-4-6-15(12)20-16(21)11-7-8-14(18)13(17)9-11/h3-9,19H,2,10H2,1H3,(H,20,21). The fourth-order valence-electron chi connectivity index (χ4n) is 1.89. The third kappa shape index (κ3) is 4.43. The lowest BCUT2D eigenvalue weighted by Crippen LogP contribution is -2.17. The average Bonchev–Trinajstić information content (AvgIpc) is 2.49. The SMILES string of the molecule is CCNCc1ccccc1NC(=O)c1ccc(I)c(Cl)c1. The number of carbonyl (C=O) groups excluding carboxylic acids is 1. The maximum atomic E-state index is 12.3. The first-order chi connectivity index (χ1) is 10.1. The van der Waals surface area contributed by atoms with Crippen molar-refractivity contribution in [1.82, 2.24) is 5.32 Å². The minimum absolute atomic E-state index is 0.155. The molecule has 0 fully saturated rings. The Hall–Kier alpha value is -1.11. The molecule has 0 aliphatic rings. The number of nitrogens with one attached hydrogen (secondary N) is 2. The summed E-state index contributed by atoms with van der Waals surface area (Å²) in [4.78, 5) is 12.3. The van der Waals surface area contributed by atoms with Gasteiger partial charge in [-0.05, 0) is 59.0 Å². The molecular formula is C16H16ClIN2O. The fourth-order valence-corrected chi connectivity index (χ4v) is 2.40. The molecule has 2 aromatic carbocycles. The van der Waals surface area contributed by atoms with Gasteiger partial charge in [-0.3, -0.25) is 4.79 Å². The molecule has 0 radical (unpaired) electrons. The number of hydrogen-bond acceptors (Lipinski definition) is 2. The van der Waals surface area contributed by atoms with Gasteiger partial charge in [-0.1, -0.05) is 36.7 Å². The average molecular weight is 415 g/mol. The summed E-state index contributed by atoms with van der Waals surface area (Å²) < 4.78 is 0.929. The Bertz CT molecular complexity index is 646. The van der Waals surface area contributed by atoms with Crippen molar-refractivity contribution in [2.24, 2.45) is 0 Å². The van der Waals surface area contributed by atoms with Crippen LogP contribution in [-0.2, 0) is 6.54 Å². The van der Waals surface area contributed by atoms with E-state index >= 15 is 0 Å². The molecule has 0 saturated heterocycles. The summed E-state index contributed by atoms with van der Waals surface area (Å²) in [5.41, 5.74) is 2.43. The van der Waals surface area contributed by atoms with E-state index in [0.29, 0.717) is 10.6 Å². The van der Waals surface area contributed by atoms with Crippen molar-refractivity contribution < 1.29 is 4.79 Å². The summed E-state index contributed by atoms with van der Waals surface area (Å²) in [7, 11) is 0. The molecule has 0 aromatic heterocycles. The van der Waals surface area contributed by atoms with E-state index in [4.69, 9.17) is 11.6 Å². The largest absolute Gasteiger partial charge is 0.322 e. The van der Waals surface area contributed by atoms with Crippen LogP contribution in [-0.4, -0.2) is 12.5 Å². The number of rotatable bonds is 5. The summed E-state index contributed by atoms with van der Waals surface area (Å²) in [6.45, 7) is 3.66. The molecule has 5 heteroatoms. The molecule has 1 amide bonds. The zero-order chi connectivity index (χ0) is 15.2. The lowest BCUT2D eigenvalue weighted by molar-refractivity contribution is 0.102. The zero-order valence-electron chi connectivity index (χ0n) is 11.6. The first kappa shape index (κ1) is 16.3. The van der Waals surface area contributed by atoms with Gasteiger partial charge in [0, 0.05) is 21.4 Å². The molecule has 2 rings (SSSR count). The van der Waals surface area contributed by atoms with Gasteiger partial charge in [0.2, 0.25) is 0 Å². The number of amides is 1. The maximum Gasteiger partial charge on any atom is 0.255 e. The van der Waals surface area contributed by atoms with Crippen LogP contribution in [0.4, 0.5) is 5.69 Å². The van der Waals surface area contributed by atoms with Gasteiger partial charge < -0.3 is 10.6 Å². The Morgan fingerprint density at radius 3 is 2.71 bits per heavy atom. The predicted octanol–water partition coefficient (Wildman–Crippen LogP) is 4.31. The second-order valence-electron chi connectivity index (χ2n) is 4.52. The number of halogens is 2. The van der Waals surface area contributed by atoms with E-state index < -0.39 is 0 Å². The summed E-state index contributed by atoms with van der Waals surface area (Å²) in [5.74, 6) is -0.155. The zero-order valence-corrected chi connectivity index (χ0v) is 14.5. The Labute approximate surface area is 143 Å². The molecular weight excluding hydrogens is 399 g/mol. The molecule has 0 aliphatic heterocycles. The van der Waals surface area contributed by atoms with Gasteiger partial charge in [-0.25, -0.2) is 0 Å². The van der Waals surface area contributed by atoms with Crippen molar-refractivity contribution in [3.05, 3.63) is 62.2 Å². The van der Waals surface area contributed by atoms with Crippen LogP contribution >= 0.6 is 34.2 Å². The molecule has 2 N–H and O–H groups in total. The normalized spacial score (nSPS) is 10.4. The van der Waals surface area contributed by atoms with Crippen molar-refractivity contribution in [2.45, 2.75) is 13.5 Å². The van der Waals surface area contributed by atoms with E-state index in [2.05, 4.69) is 40.1 Å². The molecule has 0 atom stereocenters. The van der Waals surface area contributed by atoms with Gasteiger partial charge >= 0.3 is 0 Å². The number of benzene rings is 2. The van der Waals surface area contributed by atoms with Crippen LogP contribution in [0.1, 0.15) is 22.8 Å². The van der Waals surface area contributed by atoms with Crippen LogP contribution in [0.25, 0.3) is 0 Å². The van der Waals surface area contributed by atoms with Crippen molar-refractivity contribution in [3.8, 4) is 0 Å². The maximum absolute atomic E-state index is 12.3. The number of anilines is 1. The highest BCUT2D eigenvalue weighted by atomic mass is 127. The highest BCUT2D eigenvalue weighted by molar-refractivity contribution is 14.1. The lowest BCUT2D eigenvalue weighted by atomic mass is 10.1. The highest BCUT2D eigenvalue weighted by Crippen LogP contribution is 2.21. The minimum Gasteiger partial charge on any atom is -0.322 e. The monoisotopic (exact) mass is 414 g/mol. The van der Waals surface area contributed by atoms with Gasteiger partial charge in [-0.15, -0.1) is 0 Å². The number of para-hydroxylation sites is 1. The third-order valence-electron chi connectivity index (χ3n) is 3.01. The summed E-state index contributed by atoms with van der Waals surface area (Å²) in [6, 6.07) is 13.1. The molecule has 3 nitrogen and oxygen atoms in total. The van der Waals surface area contributed by atoms with Crippen LogP contribution in [0.2, 0.25) is 5.02 Å². The van der Waals surface area contributed by atoms with E-state index in [1.807, 2.05) is 30.3 Å². The topological polar surface area (TPSA) is 41.1 Å². The molecule has 0 saturated carbocycles. The second-order valence-corrected chi connectivity index (χ2v) is 6.09. The minimum atomic E-state index is -0.155. The quantitative estimate of drug-likeness (QED) is 0.716. The Morgan fingerprint density at radius 1 is 1.24 bits per heavy atom. The van der Waals surface area contributed by atoms with E-state index in [-0.39, 0.29) is 5.91 Å². The molecule has 0 bridgehead atoms. The summed E-state index contributed by atoms with van der Waals surface area (Å²) in [6.07, 6.45) is 0. The van der Waals surface area contributed by atoms with E-state index in [1.165, 1.54) is 0 Å². The summed E-state index contributed by atoms with van der Waals surface area (Å²) >= 11 is 8.20. The Kier molecular flexibility index (Phi) is 6.02. The first-order valence-corrected chi connectivity index (χ1v) is 8.12. The molecule has 21 heavy (non-hydrogen) atoms. The number of hydrogen-bond donors (Lipinski definition) is 2. The van der Waals surface area contributed by atoms with Gasteiger partial charge in [0.15, 0.2) is 0 Å². The van der Waals surface area contributed by atoms with Crippen molar-refractivity contribution in [1.29, 1.82) is 0 Å². The fraction of sp³-hybridized carbons (Fsp3) is 0.188.